The number of methoxy groups -OCH3 is 1. The second-order valence-corrected chi connectivity index (χ2v) is 7.01. The van der Waals surface area contributed by atoms with Crippen molar-refractivity contribution in [1.82, 2.24) is 0 Å². The van der Waals surface area contributed by atoms with Gasteiger partial charge in [-0.3, -0.25) is 4.79 Å². The summed E-state index contributed by atoms with van der Waals surface area (Å²) in [4.78, 5) is 12.9. The van der Waals surface area contributed by atoms with Crippen molar-refractivity contribution in [2.75, 3.05) is 13.7 Å². The van der Waals surface area contributed by atoms with E-state index in [1.165, 1.54) is 13.2 Å². The summed E-state index contributed by atoms with van der Waals surface area (Å²) < 4.78 is 23.3. The first-order valence-corrected chi connectivity index (χ1v) is 9.40. The molecule has 0 amide bonds. The fraction of sp³-hybridized carbons (Fsp3) is 0.174. The largest absolute Gasteiger partial charge is 0.504 e. The third-order valence-corrected chi connectivity index (χ3v) is 5.24. The van der Waals surface area contributed by atoms with E-state index >= 15 is 0 Å². The van der Waals surface area contributed by atoms with E-state index in [9.17, 15) is 15.0 Å². The molecule has 1 aromatic heterocycles. The van der Waals surface area contributed by atoms with Gasteiger partial charge < -0.3 is 28.8 Å². The average molecular weight is 406 g/mol. The Morgan fingerprint density at radius 2 is 1.87 bits per heavy atom. The van der Waals surface area contributed by atoms with Gasteiger partial charge in [0, 0.05) is 5.56 Å². The predicted octanol–water partition coefficient (Wildman–Crippen LogP) is 3.53. The second-order valence-electron chi connectivity index (χ2n) is 7.01. The number of rotatable bonds is 3. The van der Waals surface area contributed by atoms with Crippen molar-refractivity contribution in [1.29, 1.82) is 0 Å². The fourth-order valence-electron chi connectivity index (χ4n) is 3.74. The van der Waals surface area contributed by atoms with Gasteiger partial charge in [0.05, 0.1) is 24.5 Å². The van der Waals surface area contributed by atoms with Crippen LogP contribution < -0.4 is 19.6 Å². The van der Waals surface area contributed by atoms with E-state index in [0.717, 1.165) is 0 Å². The first-order chi connectivity index (χ1) is 14.6. The molecule has 0 fully saturated rings. The zero-order valence-corrected chi connectivity index (χ0v) is 16.0. The van der Waals surface area contributed by atoms with Crippen molar-refractivity contribution in [3.8, 4) is 23.0 Å². The molecule has 2 heterocycles. The van der Waals surface area contributed by atoms with E-state index in [2.05, 4.69) is 0 Å². The van der Waals surface area contributed by atoms with Gasteiger partial charge in [0.25, 0.3) is 0 Å². The maximum Gasteiger partial charge on any atom is 0.205 e. The number of ether oxygens (including phenoxy) is 3. The molecule has 7 nitrogen and oxygen atoms in total. The number of hydrogen-bond donors (Lipinski definition) is 2. The van der Waals surface area contributed by atoms with Crippen molar-refractivity contribution in [2.45, 2.75) is 12.2 Å². The Labute approximate surface area is 170 Å². The molecule has 30 heavy (non-hydrogen) atoms. The van der Waals surface area contributed by atoms with E-state index in [0.29, 0.717) is 27.7 Å². The number of fused-ring (bicyclic) bond motifs is 4. The lowest BCUT2D eigenvalue weighted by molar-refractivity contribution is -0.0117. The third kappa shape index (κ3) is 2.74. The molecule has 0 saturated carbocycles. The lowest BCUT2D eigenvalue weighted by Crippen LogP contribution is -2.36. The van der Waals surface area contributed by atoms with Crippen LogP contribution in [0.2, 0.25) is 0 Å². The van der Waals surface area contributed by atoms with Crippen LogP contribution in [0.4, 0.5) is 0 Å². The summed E-state index contributed by atoms with van der Waals surface area (Å²) in [6.45, 7) is -0.332. The topological polar surface area (TPSA) is 98.4 Å². The molecule has 0 aliphatic carbocycles. The first-order valence-electron chi connectivity index (χ1n) is 9.40. The van der Waals surface area contributed by atoms with Crippen molar-refractivity contribution >= 4 is 21.9 Å². The van der Waals surface area contributed by atoms with Gasteiger partial charge in [-0.25, -0.2) is 0 Å². The molecule has 0 bridgehead atoms. The van der Waals surface area contributed by atoms with Gasteiger partial charge in [-0.05, 0) is 36.4 Å². The highest BCUT2D eigenvalue weighted by Gasteiger charge is 2.35. The van der Waals surface area contributed by atoms with Gasteiger partial charge in [0.15, 0.2) is 35.0 Å². The summed E-state index contributed by atoms with van der Waals surface area (Å²) in [7, 11) is 1.45. The normalized spacial score (nSPS) is 17.9. The van der Waals surface area contributed by atoms with E-state index in [-0.39, 0.29) is 34.9 Å². The maximum absolute atomic E-state index is 12.9. The van der Waals surface area contributed by atoms with Crippen molar-refractivity contribution in [3.05, 3.63) is 70.4 Å². The van der Waals surface area contributed by atoms with Crippen LogP contribution in [0.3, 0.4) is 0 Å². The number of phenols is 1. The molecule has 3 aromatic carbocycles. The molecular weight excluding hydrogens is 388 g/mol. The number of aliphatic hydroxyl groups is 1. The highest BCUT2D eigenvalue weighted by Crippen LogP contribution is 2.44. The highest BCUT2D eigenvalue weighted by atomic mass is 16.6. The van der Waals surface area contributed by atoms with Gasteiger partial charge >= 0.3 is 0 Å². The Morgan fingerprint density at radius 3 is 2.67 bits per heavy atom. The number of para-hydroxylation sites is 1. The quantitative estimate of drug-likeness (QED) is 0.502. The van der Waals surface area contributed by atoms with Crippen LogP contribution in [-0.4, -0.2) is 30.0 Å². The monoisotopic (exact) mass is 406 g/mol. The average Bonchev–Trinajstić information content (AvgIpc) is 2.78. The van der Waals surface area contributed by atoms with Crippen LogP contribution in [0.15, 0.2) is 63.8 Å². The fourth-order valence-corrected chi connectivity index (χ4v) is 3.74. The molecule has 2 atom stereocenters. The van der Waals surface area contributed by atoms with E-state index < -0.39 is 12.2 Å². The minimum atomic E-state index is -0.755. The summed E-state index contributed by atoms with van der Waals surface area (Å²) in [6.07, 6.45) is -1.41. The first kappa shape index (κ1) is 18.3. The molecule has 0 radical (unpaired) electrons. The molecule has 152 valence electrons. The number of aliphatic hydroxyl groups excluding tert-OH is 1. The number of benzene rings is 3. The summed E-state index contributed by atoms with van der Waals surface area (Å²) in [6, 6.07) is 15.1. The minimum Gasteiger partial charge on any atom is -0.504 e. The van der Waals surface area contributed by atoms with Gasteiger partial charge in [-0.2, -0.15) is 0 Å². The molecule has 1 aliphatic rings. The number of aromatic hydroxyl groups is 1. The van der Waals surface area contributed by atoms with Gasteiger partial charge in [-0.1, -0.05) is 18.2 Å². The predicted molar refractivity (Wildman–Crippen MR) is 110 cm³/mol. The van der Waals surface area contributed by atoms with E-state index in [1.54, 1.807) is 48.5 Å². The van der Waals surface area contributed by atoms with E-state index in [1.807, 2.05) is 0 Å². The van der Waals surface area contributed by atoms with Crippen LogP contribution in [0, 0.1) is 0 Å². The third-order valence-electron chi connectivity index (χ3n) is 5.24. The van der Waals surface area contributed by atoms with Crippen molar-refractivity contribution in [2.24, 2.45) is 0 Å². The lowest BCUT2D eigenvalue weighted by Gasteiger charge is -2.33. The Morgan fingerprint density at radius 1 is 1.03 bits per heavy atom. The van der Waals surface area contributed by atoms with Crippen LogP contribution in [0.5, 0.6) is 23.0 Å². The molecule has 0 saturated heterocycles. The van der Waals surface area contributed by atoms with Gasteiger partial charge in [0.2, 0.25) is 11.2 Å². The zero-order valence-electron chi connectivity index (χ0n) is 16.0. The standard InChI is InChI=1S/C23H18O7/c1-27-18-10-12(6-8-15(18)25)21-19(11-24)30-23-17(29-21)9-7-14-20(26)13-4-2-3-5-16(13)28-22(14)23/h2-10,19,21,24-25H,11H2,1H3/t19-,21+/m0/s1. The van der Waals surface area contributed by atoms with Crippen molar-refractivity contribution < 1.29 is 28.8 Å². The minimum absolute atomic E-state index is 0.00132. The molecule has 7 heteroatoms. The smallest absolute Gasteiger partial charge is 0.205 e. The van der Waals surface area contributed by atoms with Crippen molar-refractivity contribution in [3.63, 3.8) is 0 Å². The van der Waals surface area contributed by atoms with Crippen LogP contribution >= 0.6 is 0 Å². The SMILES string of the molecule is COc1cc([C@H]2Oc3ccc4c(=O)c5ccccc5oc4c3O[C@H]2CO)ccc1O. The maximum atomic E-state index is 12.9. The van der Waals surface area contributed by atoms with Crippen LogP contribution in [0.1, 0.15) is 11.7 Å². The zero-order chi connectivity index (χ0) is 20.8. The Kier molecular flexibility index (Phi) is 4.25. The highest BCUT2D eigenvalue weighted by molar-refractivity contribution is 5.93. The molecule has 5 rings (SSSR count). The summed E-state index contributed by atoms with van der Waals surface area (Å²) in [5, 5.41) is 20.7. The second kappa shape index (κ2) is 6.96. The summed E-state index contributed by atoms with van der Waals surface area (Å²) in [5.74, 6) is 0.951. The van der Waals surface area contributed by atoms with Gasteiger partial charge in [-0.15, -0.1) is 0 Å². The van der Waals surface area contributed by atoms with Crippen LogP contribution in [0.25, 0.3) is 21.9 Å². The lowest BCUT2D eigenvalue weighted by atomic mass is 10.0. The summed E-state index contributed by atoms with van der Waals surface area (Å²) in [5.41, 5.74) is 1.22. The molecule has 0 unspecified atom stereocenters. The summed E-state index contributed by atoms with van der Waals surface area (Å²) >= 11 is 0. The molecule has 0 spiro atoms. The Balaban J connectivity index is 1.66. The van der Waals surface area contributed by atoms with Gasteiger partial charge in [0.1, 0.15) is 5.58 Å². The van der Waals surface area contributed by atoms with E-state index in [4.69, 9.17) is 18.6 Å². The number of phenolic OH excluding ortho intramolecular Hbond substituents is 1. The molecule has 2 N–H and O–H groups in total. The molecule has 1 aliphatic heterocycles. The molecular formula is C23H18O7. The Hall–Kier alpha value is -3.71. The van der Waals surface area contributed by atoms with Crippen LogP contribution in [-0.2, 0) is 0 Å². The Bertz CT molecular complexity index is 1320. The molecule has 4 aromatic rings. The number of hydrogen-bond acceptors (Lipinski definition) is 7.